The van der Waals surface area contributed by atoms with E-state index in [0.29, 0.717) is 30.6 Å². The van der Waals surface area contributed by atoms with Crippen molar-refractivity contribution in [1.82, 2.24) is 10.3 Å². The van der Waals surface area contributed by atoms with Crippen molar-refractivity contribution in [2.75, 3.05) is 13.2 Å². The van der Waals surface area contributed by atoms with Gasteiger partial charge in [0.25, 0.3) is 0 Å². The smallest absolute Gasteiger partial charge is 0.456 e. The molecular weight excluding hydrogens is 405 g/mol. The van der Waals surface area contributed by atoms with Crippen LogP contribution in [-0.2, 0) is 13.0 Å². The Labute approximate surface area is 169 Å². The summed E-state index contributed by atoms with van der Waals surface area (Å²) in [4.78, 5) is 3.15. The summed E-state index contributed by atoms with van der Waals surface area (Å²) < 4.78 is 67.3. The molecule has 0 saturated carbocycles. The summed E-state index contributed by atoms with van der Waals surface area (Å²) in [7, 11) is 0. The van der Waals surface area contributed by atoms with E-state index in [1.807, 2.05) is 18.3 Å². The molecule has 2 N–H and O–H groups in total. The quantitative estimate of drug-likeness (QED) is 0.398. The summed E-state index contributed by atoms with van der Waals surface area (Å²) in [6.45, 7) is -0.780. The van der Waals surface area contributed by atoms with Crippen molar-refractivity contribution < 1.29 is 26.7 Å². The summed E-state index contributed by atoms with van der Waals surface area (Å²) >= 11 is 0. The number of aromatic amines is 1. The zero-order valence-electron chi connectivity index (χ0n) is 15.7. The van der Waals surface area contributed by atoms with Gasteiger partial charge in [-0.2, -0.15) is 27.2 Å². The summed E-state index contributed by atoms with van der Waals surface area (Å²) in [5.74, 6) is -4.97. The number of H-pyrrole nitrogens is 1. The van der Waals surface area contributed by atoms with Gasteiger partial charge in [0.2, 0.25) is 0 Å². The van der Waals surface area contributed by atoms with Crippen LogP contribution < -0.4 is 10.1 Å². The number of fused-ring (bicyclic) bond motifs is 1. The molecule has 4 nitrogen and oxygen atoms in total. The van der Waals surface area contributed by atoms with E-state index in [-0.39, 0.29) is 5.75 Å². The molecule has 30 heavy (non-hydrogen) atoms. The molecule has 0 bridgehead atoms. The van der Waals surface area contributed by atoms with Crippen LogP contribution >= 0.6 is 0 Å². The molecule has 0 fully saturated rings. The van der Waals surface area contributed by atoms with Gasteiger partial charge in [-0.15, -0.1) is 0 Å². The van der Waals surface area contributed by atoms with E-state index in [1.165, 1.54) is 18.2 Å². The fourth-order valence-electron chi connectivity index (χ4n) is 2.91. The van der Waals surface area contributed by atoms with Crippen LogP contribution in [0.5, 0.6) is 5.75 Å². The van der Waals surface area contributed by atoms with E-state index in [4.69, 9.17) is 5.26 Å². The zero-order chi connectivity index (χ0) is 21.8. The number of nitriles is 1. The van der Waals surface area contributed by atoms with E-state index in [1.54, 1.807) is 12.1 Å². The first-order valence-electron chi connectivity index (χ1n) is 9.07. The first-order valence-corrected chi connectivity index (χ1v) is 9.07. The summed E-state index contributed by atoms with van der Waals surface area (Å²) in [6, 6.07) is 13.5. The van der Waals surface area contributed by atoms with Crippen LogP contribution in [0.15, 0.2) is 48.7 Å². The van der Waals surface area contributed by atoms with Gasteiger partial charge in [-0.25, -0.2) is 0 Å². The van der Waals surface area contributed by atoms with Crippen molar-refractivity contribution >= 4 is 10.9 Å². The maximum absolute atomic E-state index is 13.0. The lowest BCUT2D eigenvalue weighted by Crippen LogP contribution is -2.41. The molecule has 0 amide bonds. The van der Waals surface area contributed by atoms with Gasteiger partial charge in [0.15, 0.2) is 6.61 Å². The van der Waals surface area contributed by atoms with Gasteiger partial charge in [-0.3, -0.25) is 0 Å². The lowest BCUT2D eigenvalue weighted by Gasteiger charge is -2.20. The van der Waals surface area contributed by atoms with Crippen molar-refractivity contribution in [3.63, 3.8) is 0 Å². The lowest BCUT2D eigenvalue weighted by molar-refractivity contribution is -0.290. The van der Waals surface area contributed by atoms with Crippen molar-refractivity contribution in [2.24, 2.45) is 0 Å². The lowest BCUT2D eigenvalue weighted by atomic mass is 10.1. The Morgan fingerprint density at radius 1 is 1.07 bits per heavy atom. The molecular formula is C21H18F5N3O. The molecule has 0 aliphatic rings. The molecule has 2 aromatic carbocycles. The van der Waals surface area contributed by atoms with E-state index < -0.39 is 18.7 Å². The van der Waals surface area contributed by atoms with Crippen molar-refractivity contribution in [3.05, 3.63) is 65.4 Å². The fourth-order valence-corrected chi connectivity index (χ4v) is 2.91. The van der Waals surface area contributed by atoms with Gasteiger partial charge >= 0.3 is 12.1 Å². The predicted molar refractivity (Wildman–Crippen MR) is 101 cm³/mol. The van der Waals surface area contributed by atoms with Gasteiger partial charge in [-0.1, -0.05) is 12.1 Å². The highest BCUT2D eigenvalue weighted by Crippen LogP contribution is 2.35. The number of rotatable bonds is 8. The van der Waals surface area contributed by atoms with Crippen LogP contribution in [-0.4, -0.2) is 30.2 Å². The fraction of sp³-hybridized carbons (Fsp3) is 0.286. The summed E-state index contributed by atoms with van der Waals surface area (Å²) in [5.41, 5.74) is 3.24. The third-order valence-electron chi connectivity index (χ3n) is 4.53. The highest BCUT2D eigenvalue weighted by atomic mass is 19.4. The first kappa shape index (κ1) is 21.6. The normalized spacial score (nSPS) is 12.1. The number of nitrogens with zero attached hydrogens (tertiary/aromatic N) is 1. The molecule has 0 unspecified atom stereocenters. The van der Waals surface area contributed by atoms with Crippen LogP contribution in [0, 0.1) is 11.3 Å². The number of benzene rings is 2. The number of nitrogens with one attached hydrogen (secondary N) is 2. The molecule has 158 valence electrons. The number of ether oxygens (including phenoxy) is 1. The molecule has 0 saturated heterocycles. The molecule has 1 heterocycles. The van der Waals surface area contributed by atoms with Crippen LogP contribution in [0.25, 0.3) is 10.9 Å². The molecule has 9 heteroatoms. The van der Waals surface area contributed by atoms with Crippen molar-refractivity contribution in [3.8, 4) is 11.8 Å². The monoisotopic (exact) mass is 423 g/mol. The van der Waals surface area contributed by atoms with Crippen LogP contribution in [0.2, 0.25) is 0 Å². The molecule has 1 aromatic heterocycles. The standard InChI is InChI=1S/C21H18F5N3O/c22-20(23,21(24,25)26)13-30-17-3-1-2-15(8-17)11-28-7-6-16-12-29-19-5-4-14(10-27)9-18(16)19/h1-5,8-9,12,28-29H,6-7,11,13H2. The largest absolute Gasteiger partial charge is 0.487 e. The molecule has 0 spiro atoms. The third kappa shape index (κ3) is 5.07. The van der Waals surface area contributed by atoms with Crippen molar-refractivity contribution in [1.29, 1.82) is 5.26 Å². The summed E-state index contributed by atoms with van der Waals surface area (Å²) in [5, 5.41) is 13.2. The van der Waals surface area contributed by atoms with E-state index in [9.17, 15) is 22.0 Å². The molecule has 3 rings (SSSR count). The van der Waals surface area contributed by atoms with Crippen LogP contribution in [0.4, 0.5) is 22.0 Å². The second-order valence-electron chi connectivity index (χ2n) is 6.75. The number of aromatic nitrogens is 1. The van der Waals surface area contributed by atoms with E-state index in [0.717, 1.165) is 16.5 Å². The highest BCUT2D eigenvalue weighted by molar-refractivity contribution is 5.84. The van der Waals surface area contributed by atoms with Gasteiger partial charge in [0, 0.05) is 23.6 Å². The molecule has 0 aliphatic carbocycles. The van der Waals surface area contributed by atoms with E-state index in [2.05, 4.69) is 21.1 Å². The number of hydrogen-bond donors (Lipinski definition) is 2. The Bertz CT molecular complexity index is 1050. The maximum Gasteiger partial charge on any atom is 0.456 e. The van der Waals surface area contributed by atoms with Gasteiger partial charge < -0.3 is 15.0 Å². The van der Waals surface area contributed by atoms with Crippen LogP contribution in [0.3, 0.4) is 0 Å². The summed E-state index contributed by atoms with van der Waals surface area (Å²) in [6.07, 6.45) is -3.09. The molecule has 0 aliphatic heterocycles. The Morgan fingerprint density at radius 3 is 2.60 bits per heavy atom. The second kappa shape index (κ2) is 8.71. The molecule has 0 atom stereocenters. The molecule has 0 radical (unpaired) electrons. The first-order chi connectivity index (χ1) is 14.2. The predicted octanol–water partition coefficient (Wildman–Crippen LogP) is 4.95. The second-order valence-corrected chi connectivity index (χ2v) is 6.75. The topological polar surface area (TPSA) is 60.8 Å². The Hall–Kier alpha value is -3.12. The van der Waals surface area contributed by atoms with Gasteiger partial charge in [0.05, 0.1) is 11.6 Å². The van der Waals surface area contributed by atoms with Crippen molar-refractivity contribution in [2.45, 2.75) is 25.1 Å². The van der Waals surface area contributed by atoms with Gasteiger partial charge in [0.1, 0.15) is 5.75 Å². The minimum absolute atomic E-state index is 0.0566. The number of alkyl halides is 5. The zero-order valence-corrected chi connectivity index (χ0v) is 15.7. The minimum Gasteiger partial charge on any atom is -0.487 e. The molecule has 3 aromatic rings. The maximum atomic E-state index is 13.0. The average molecular weight is 423 g/mol. The minimum atomic E-state index is -5.65. The Balaban J connectivity index is 1.52. The van der Waals surface area contributed by atoms with Crippen LogP contribution in [0.1, 0.15) is 16.7 Å². The third-order valence-corrected chi connectivity index (χ3v) is 4.53. The number of hydrogen-bond acceptors (Lipinski definition) is 3. The Morgan fingerprint density at radius 2 is 1.87 bits per heavy atom. The SMILES string of the molecule is N#Cc1ccc2[nH]cc(CCNCc3cccc(OCC(F)(F)C(F)(F)F)c3)c2c1. The average Bonchev–Trinajstić information content (AvgIpc) is 3.11. The number of halogens is 5. The highest BCUT2D eigenvalue weighted by Gasteiger charge is 2.58. The van der Waals surface area contributed by atoms with Gasteiger partial charge in [-0.05, 0) is 54.4 Å². The van der Waals surface area contributed by atoms with E-state index >= 15 is 0 Å². The Kier molecular flexibility index (Phi) is 6.27.